The Hall–Kier alpha value is -2.76. The summed E-state index contributed by atoms with van der Waals surface area (Å²) in [4.78, 5) is 4.20. The quantitative estimate of drug-likeness (QED) is 0.598. The average Bonchev–Trinajstić information content (AvgIpc) is 2.64. The van der Waals surface area contributed by atoms with Crippen molar-refractivity contribution in [2.75, 3.05) is 27.8 Å². The monoisotopic (exact) mass is 345 g/mol. The zero-order valence-electron chi connectivity index (χ0n) is 14.8. The highest BCUT2D eigenvalue weighted by molar-refractivity contribution is 5.79. The van der Waals surface area contributed by atoms with Gasteiger partial charge in [-0.25, -0.2) is 4.39 Å². The zero-order valence-corrected chi connectivity index (χ0v) is 14.8. The van der Waals surface area contributed by atoms with Gasteiger partial charge < -0.3 is 20.1 Å². The van der Waals surface area contributed by atoms with E-state index in [0.29, 0.717) is 25.5 Å². The van der Waals surface area contributed by atoms with Gasteiger partial charge in [-0.05, 0) is 36.2 Å². The van der Waals surface area contributed by atoms with Crippen LogP contribution < -0.4 is 20.1 Å². The molecule has 0 fully saturated rings. The summed E-state index contributed by atoms with van der Waals surface area (Å²) in [5.41, 5.74) is 1.94. The first kappa shape index (κ1) is 18.6. The maximum absolute atomic E-state index is 13.2. The van der Waals surface area contributed by atoms with Crippen LogP contribution in [-0.4, -0.2) is 33.8 Å². The van der Waals surface area contributed by atoms with Gasteiger partial charge in [0.05, 0.1) is 14.2 Å². The summed E-state index contributed by atoms with van der Waals surface area (Å²) >= 11 is 0. The van der Waals surface area contributed by atoms with Gasteiger partial charge in [-0.2, -0.15) is 0 Å². The standard InChI is InChI=1S/C19H24FN3O2/c1-21-19(22-10-9-14-5-4-6-16(20)11-14)23-13-15-7-8-17(24-2)12-18(15)25-3/h4-8,11-12H,9-10,13H2,1-3H3,(H2,21,22,23). The molecule has 0 heterocycles. The van der Waals surface area contributed by atoms with Crippen molar-refractivity contribution in [3.8, 4) is 11.5 Å². The van der Waals surface area contributed by atoms with Crippen LogP contribution in [0.15, 0.2) is 47.5 Å². The van der Waals surface area contributed by atoms with Crippen molar-refractivity contribution in [3.05, 3.63) is 59.4 Å². The van der Waals surface area contributed by atoms with E-state index < -0.39 is 0 Å². The van der Waals surface area contributed by atoms with Crippen molar-refractivity contribution >= 4 is 5.96 Å². The average molecular weight is 345 g/mol. The molecule has 134 valence electrons. The van der Waals surface area contributed by atoms with Gasteiger partial charge in [0.15, 0.2) is 5.96 Å². The van der Waals surface area contributed by atoms with Gasteiger partial charge in [-0.3, -0.25) is 4.99 Å². The molecule has 2 aromatic rings. The molecule has 25 heavy (non-hydrogen) atoms. The Kier molecular flexibility index (Phi) is 7.07. The fourth-order valence-corrected chi connectivity index (χ4v) is 2.42. The van der Waals surface area contributed by atoms with E-state index >= 15 is 0 Å². The molecule has 0 aliphatic rings. The largest absolute Gasteiger partial charge is 0.497 e. The van der Waals surface area contributed by atoms with Crippen LogP contribution in [0.25, 0.3) is 0 Å². The summed E-state index contributed by atoms with van der Waals surface area (Å²) in [6.45, 7) is 1.22. The van der Waals surface area contributed by atoms with E-state index in [9.17, 15) is 4.39 Å². The molecule has 0 unspecified atom stereocenters. The summed E-state index contributed by atoms with van der Waals surface area (Å²) in [6, 6.07) is 12.3. The zero-order chi connectivity index (χ0) is 18.1. The number of hydrogen-bond donors (Lipinski definition) is 2. The van der Waals surface area contributed by atoms with Gasteiger partial charge >= 0.3 is 0 Å². The van der Waals surface area contributed by atoms with E-state index in [4.69, 9.17) is 9.47 Å². The number of halogens is 1. The summed E-state index contributed by atoms with van der Waals surface area (Å²) < 4.78 is 23.8. The Balaban J connectivity index is 1.86. The Morgan fingerprint density at radius 2 is 1.92 bits per heavy atom. The van der Waals surface area contributed by atoms with E-state index in [-0.39, 0.29) is 5.82 Å². The van der Waals surface area contributed by atoms with Gasteiger partial charge in [0.2, 0.25) is 0 Å². The highest BCUT2D eigenvalue weighted by Crippen LogP contribution is 2.24. The predicted molar refractivity (Wildman–Crippen MR) is 97.9 cm³/mol. The lowest BCUT2D eigenvalue weighted by Gasteiger charge is -2.14. The fourth-order valence-electron chi connectivity index (χ4n) is 2.42. The van der Waals surface area contributed by atoms with Crippen molar-refractivity contribution in [1.29, 1.82) is 0 Å². The second-order valence-corrected chi connectivity index (χ2v) is 5.41. The number of benzene rings is 2. The molecule has 0 spiro atoms. The Bertz CT molecular complexity index is 720. The van der Waals surface area contributed by atoms with Crippen LogP contribution in [0.5, 0.6) is 11.5 Å². The van der Waals surface area contributed by atoms with E-state index in [2.05, 4.69) is 15.6 Å². The summed E-state index contributed by atoms with van der Waals surface area (Å²) in [7, 11) is 4.96. The smallest absolute Gasteiger partial charge is 0.191 e. The second-order valence-electron chi connectivity index (χ2n) is 5.41. The molecule has 0 saturated carbocycles. The van der Waals surface area contributed by atoms with E-state index in [1.165, 1.54) is 6.07 Å². The Labute approximate surface area is 147 Å². The normalized spacial score (nSPS) is 11.1. The molecule has 2 aromatic carbocycles. The number of rotatable bonds is 7. The van der Waals surface area contributed by atoms with Crippen LogP contribution in [0.2, 0.25) is 0 Å². The molecule has 0 saturated heterocycles. The summed E-state index contributed by atoms with van der Waals surface area (Å²) in [5.74, 6) is 1.96. The number of nitrogens with one attached hydrogen (secondary N) is 2. The van der Waals surface area contributed by atoms with Crippen molar-refractivity contribution in [2.45, 2.75) is 13.0 Å². The maximum Gasteiger partial charge on any atom is 0.191 e. The highest BCUT2D eigenvalue weighted by Gasteiger charge is 2.06. The van der Waals surface area contributed by atoms with Gasteiger partial charge in [0, 0.05) is 31.8 Å². The first-order valence-corrected chi connectivity index (χ1v) is 8.06. The maximum atomic E-state index is 13.2. The van der Waals surface area contributed by atoms with Crippen molar-refractivity contribution < 1.29 is 13.9 Å². The SMILES string of the molecule is CN=C(NCCc1cccc(F)c1)NCc1ccc(OC)cc1OC. The van der Waals surface area contributed by atoms with Crippen LogP contribution in [0.4, 0.5) is 4.39 Å². The van der Waals surface area contributed by atoms with Crippen molar-refractivity contribution in [3.63, 3.8) is 0 Å². The van der Waals surface area contributed by atoms with Gasteiger partial charge in [0.1, 0.15) is 17.3 Å². The first-order chi connectivity index (χ1) is 12.2. The van der Waals surface area contributed by atoms with Crippen LogP contribution in [-0.2, 0) is 13.0 Å². The molecule has 5 nitrogen and oxygen atoms in total. The number of hydrogen-bond acceptors (Lipinski definition) is 3. The fraction of sp³-hybridized carbons (Fsp3) is 0.316. The number of nitrogens with zero attached hydrogens (tertiary/aromatic N) is 1. The molecule has 6 heteroatoms. The molecule has 0 radical (unpaired) electrons. The van der Waals surface area contributed by atoms with Gasteiger partial charge in [0.25, 0.3) is 0 Å². The van der Waals surface area contributed by atoms with Crippen LogP contribution in [0.1, 0.15) is 11.1 Å². The molecule has 2 rings (SSSR count). The Morgan fingerprint density at radius 3 is 2.60 bits per heavy atom. The van der Waals surface area contributed by atoms with E-state index in [0.717, 1.165) is 22.6 Å². The van der Waals surface area contributed by atoms with E-state index in [1.54, 1.807) is 33.4 Å². The number of aliphatic imine (C=N–C) groups is 1. The van der Waals surface area contributed by atoms with Gasteiger partial charge in [-0.1, -0.05) is 12.1 Å². The molecular weight excluding hydrogens is 321 g/mol. The molecule has 0 aromatic heterocycles. The molecule has 0 atom stereocenters. The topological polar surface area (TPSA) is 54.9 Å². The second kappa shape index (κ2) is 9.52. The van der Waals surface area contributed by atoms with Crippen LogP contribution in [0, 0.1) is 5.82 Å². The summed E-state index contributed by atoms with van der Waals surface area (Å²) in [5, 5.41) is 6.46. The third-order valence-corrected chi connectivity index (χ3v) is 3.76. The minimum absolute atomic E-state index is 0.216. The van der Waals surface area contributed by atoms with Crippen molar-refractivity contribution in [1.82, 2.24) is 10.6 Å². The molecule has 0 aliphatic carbocycles. The van der Waals surface area contributed by atoms with E-state index in [1.807, 2.05) is 24.3 Å². The first-order valence-electron chi connectivity index (χ1n) is 8.06. The van der Waals surface area contributed by atoms with Crippen LogP contribution in [0.3, 0.4) is 0 Å². The Morgan fingerprint density at radius 1 is 1.08 bits per heavy atom. The minimum Gasteiger partial charge on any atom is -0.497 e. The van der Waals surface area contributed by atoms with Gasteiger partial charge in [-0.15, -0.1) is 0 Å². The molecule has 0 aliphatic heterocycles. The van der Waals surface area contributed by atoms with Crippen LogP contribution >= 0.6 is 0 Å². The number of guanidine groups is 1. The number of methoxy groups -OCH3 is 2. The molecule has 0 bridgehead atoms. The highest BCUT2D eigenvalue weighted by atomic mass is 19.1. The molecule has 2 N–H and O–H groups in total. The third kappa shape index (κ3) is 5.67. The van der Waals surface area contributed by atoms with Crippen molar-refractivity contribution in [2.24, 2.45) is 4.99 Å². The molecular formula is C19H24FN3O2. The third-order valence-electron chi connectivity index (χ3n) is 3.76. The number of ether oxygens (including phenoxy) is 2. The minimum atomic E-state index is -0.216. The molecule has 0 amide bonds. The lowest BCUT2D eigenvalue weighted by atomic mass is 10.1. The summed E-state index contributed by atoms with van der Waals surface area (Å²) in [6.07, 6.45) is 0.713. The lowest BCUT2D eigenvalue weighted by Crippen LogP contribution is -2.37. The predicted octanol–water partition coefficient (Wildman–Crippen LogP) is 2.75. The lowest BCUT2D eigenvalue weighted by molar-refractivity contribution is 0.390.